The van der Waals surface area contributed by atoms with Crippen LogP contribution in [0.1, 0.15) is 35.8 Å². The molecule has 0 spiro atoms. The molecule has 0 aliphatic carbocycles. The van der Waals surface area contributed by atoms with E-state index in [1.54, 1.807) is 23.4 Å². The minimum atomic E-state index is -0.0888. The molecule has 1 aliphatic heterocycles. The summed E-state index contributed by atoms with van der Waals surface area (Å²) in [6, 6.07) is 13.4. The lowest BCUT2D eigenvalue weighted by atomic mass is 9.95. The normalized spacial score (nSPS) is 14.5. The molecule has 2 N–H and O–H groups in total. The third-order valence-electron chi connectivity index (χ3n) is 5.57. The van der Waals surface area contributed by atoms with Crippen LogP contribution in [-0.2, 0) is 11.2 Å². The van der Waals surface area contributed by atoms with Crippen LogP contribution in [0, 0.1) is 5.92 Å². The Kier molecular flexibility index (Phi) is 5.88. The molecular formula is C23H25N5O2. The van der Waals surface area contributed by atoms with E-state index in [1.165, 1.54) is 5.56 Å². The van der Waals surface area contributed by atoms with Gasteiger partial charge in [-0.3, -0.25) is 19.7 Å². The fourth-order valence-corrected chi connectivity index (χ4v) is 3.69. The van der Waals surface area contributed by atoms with Crippen LogP contribution in [0.4, 0.5) is 5.69 Å². The third-order valence-corrected chi connectivity index (χ3v) is 5.57. The second-order valence-corrected chi connectivity index (χ2v) is 7.51. The highest BCUT2D eigenvalue weighted by molar-refractivity contribution is 5.95. The number of aromatic amines is 1. The van der Waals surface area contributed by atoms with Crippen LogP contribution in [0.3, 0.4) is 0 Å². The summed E-state index contributed by atoms with van der Waals surface area (Å²) in [7, 11) is 0. The van der Waals surface area contributed by atoms with Gasteiger partial charge in [0.2, 0.25) is 5.91 Å². The maximum absolute atomic E-state index is 12.8. The van der Waals surface area contributed by atoms with Gasteiger partial charge in [0, 0.05) is 42.7 Å². The maximum atomic E-state index is 12.8. The lowest BCUT2D eigenvalue weighted by Gasteiger charge is -2.31. The molecule has 2 aromatic heterocycles. The van der Waals surface area contributed by atoms with Crippen molar-refractivity contribution in [3.05, 3.63) is 66.1 Å². The topological polar surface area (TPSA) is 91.0 Å². The number of aromatic nitrogens is 3. The number of carbonyl (C=O) groups excluding carboxylic acids is 2. The Labute approximate surface area is 175 Å². The summed E-state index contributed by atoms with van der Waals surface area (Å²) < 4.78 is 0. The Bertz CT molecular complexity index is 1010. The summed E-state index contributed by atoms with van der Waals surface area (Å²) in [6.45, 7) is 3.20. The molecule has 0 radical (unpaired) electrons. The number of H-pyrrole nitrogens is 1. The first-order valence-corrected chi connectivity index (χ1v) is 10.3. The fraction of sp³-hybridized carbons (Fsp3) is 0.304. The van der Waals surface area contributed by atoms with E-state index in [-0.39, 0.29) is 17.7 Å². The van der Waals surface area contributed by atoms with Crippen LogP contribution in [0.5, 0.6) is 0 Å². The molecule has 0 atom stereocenters. The van der Waals surface area contributed by atoms with E-state index in [0.29, 0.717) is 37.3 Å². The zero-order chi connectivity index (χ0) is 20.9. The highest BCUT2D eigenvalue weighted by Gasteiger charge is 2.28. The number of carbonyl (C=O) groups is 2. The molecule has 7 nitrogen and oxygen atoms in total. The molecule has 4 rings (SSSR count). The molecule has 3 heterocycles. The van der Waals surface area contributed by atoms with E-state index in [9.17, 15) is 9.59 Å². The Hall–Kier alpha value is -3.48. The Morgan fingerprint density at radius 1 is 1.10 bits per heavy atom. The number of nitrogens with one attached hydrogen (secondary N) is 2. The van der Waals surface area contributed by atoms with Crippen molar-refractivity contribution >= 4 is 17.5 Å². The van der Waals surface area contributed by atoms with Gasteiger partial charge in [0.05, 0.1) is 5.69 Å². The first-order chi connectivity index (χ1) is 14.6. The Morgan fingerprint density at radius 2 is 1.80 bits per heavy atom. The molecule has 154 valence electrons. The lowest BCUT2D eigenvalue weighted by Crippen LogP contribution is -2.41. The number of nitrogens with zero attached hydrogens (tertiary/aromatic N) is 3. The minimum absolute atomic E-state index is 0.0212. The molecule has 1 fully saturated rings. The number of rotatable bonds is 5. The molecule has 0 saturated carbocycles. The number of benzene rings is 1. The molecule has 1 saturated heterocycles. The summed E-state index contributed by atoms with van der Waals surface area (Å²) in [6.07, 6.45) is 5.66. The zero-order valence-corrected chi connectivity index (χ0v) is 17.0. The molecule has 1 aromatic carbocycles. The van der Waals surface area contributed by atoms with Gasteiger partial charge in [-0.1, -0.05) is 19.1 Å². The molecule has 1 aliphatic rings. The first-order valence-electron chi connectivity index (χ1n) is 10.3. The second-order valence-electron chi connectivity index (χ2n) is 7.51. The van der Waals surface area contributed by atoms with Gasteiger partial charge in [0.15, 0.2) is 0 Å². The Balaban J connectivity index is 1.32. The molecule has 30 heavy (non-hydrogen) atoms. The van der Waals surface area contributed by atoms with Crippen LogP contribution in [0.15, 0.2) is 54.9 Å². The molecule has 2 amide bonds. The van der Waals surface area contributed by atoms with Gasteiger partial charge in [0.25, 0.3) is 5.91 Å². The number of pyridine rings is 1. The van der Waals surface area contributed by atoms with Gasteiger partial charge in [-0.05, 0) is 55.2 Å². The van der Waals surface area contributed by atoms with Crippen molar-refractivity contribution in [2.45, 2.75) is 26.2 Å². The van der Waals surface area contributed by atoms with Crippen molar-refractivity contribution in [2.24, 2.45) is 5.92 Å². The molecule has 0 bridgehead atoms. The zero-order valence-electron chi connectivity index (χ0n) is 17.0. The molecule has 7 heteroatoms. The van der Waals surface area contributed by atoms with E-state index in [0.717, 1.165) is 17.7 Å². The van der Waals surface area contributed by atoms with Crippen molar-refractivity contribution < 1.29 is 9.59 Å². The maximum Gasteiger partial charge on any atom is 0.271 e. The van der Waals surface area contributed by atoms with Gasteiger partial charge < -0.3 is 10.2 Å². The van der Waals surface area contributed by atoms with Crippen molar-refractivity contribution in [1.82, 2.24) is 20.1 Å². The average molecular weight is 403 g/mol. The predicted molar refractivity (Wildman–Crippen MR) is 115 cm³/mol. The fourth-order valence-electron chi connectivity index (χ4n) is 3.69. The van der Waals surface area contributed by atoms with E-state index >= 15 is 0 Å². The molecule has 3 aromatic rings. The first kappa shape index (κ1) is 19.8. The number of hydrogen-bond donors (Lipinski definition) is 2. The van der Waals surface area contributed by atoms with Crippen LogP contribution in [0.2, 0.25) is 0 Å². The van der Waals surface area contributed by atoms with Crippen LogP contribution in [-0.4, -0.2) is 45.0 Å². The van der Waals surface area contributed by atoms with Crippen LogP contribution in [0.25, 0.3) is 11.3 Å². The predicted octanol–water partition coefficient (Wildman–Crippen LogP) is 3.53. The van der Waals surface area contributed by atoms with Gasteiger partial charge in [-0.2, -0.15) is 5.10 Å². The third kappa shape index (κ3) is 4.40. The van der Waals surface area contributed by atoms with Gasteiger partial charge in [-0.15, -0.1) is 0 Å². The smallest absolute Gasteiger partial charge is 0.271 e. The number of amides is 2. The SMILES string of the molecule is CCc1ccc(NC(=O)C2CCN(C(=O)c3cc(-c4ccncc4)n[nH]3)CC2)cc1. The standard InChI is InChI=1S/C23H25N5O2/c1-2-16-3-5-19(6-4-16)25-22(29)18-9-13-28(14-10-18)23(30)21-15-20(26-27-21)17-7-11-24-12-8-17/h3-8,11-12,15,18H,2,9-10,13-14H2,1H3,(H,25,29)(H,26,27). The quantitative estimate of drug-likeness (QED) is 0.682. The number of aryl methyl sites for hydroxylation is 1. The van der Waals surface area contributed by atoms with E-state index < -0.39 is 0 Å². The van der Waals surface area contributed by atoms with Crippen molar-refractivity contribution in [3.63, 3.8) is 0 Å². The summed E-state index contributed by atoms with van der Waals surface area (Å²) in [4.78, 5) is 31.2. The monoisotopic (exact) mass is 403 g/mol. The largest absolute Gasteiger partial charge is 0.337 e. The van der Waals surface area contributed by atoms with Crippen LogP contribution < -0.4 is 5.32 Å². The Morgan fingerprint density at radius 3 is 2.47 bits per heavy atom. The van der Waals surface area contributed by atoms with E-state index in [1.807, 2.05) is 36.4 Å². The minimum Gasteiger partial charge on any atom is -0.337 e. The van der Waals surface area contributed by atoms with E-state index in [2.05, 4.69) is 27.4 Å². The number of hydrogen-bond acceptors (Lipinski definition) is 4. The lowest BCUT2D eigenvalue weighted by molar-refractivity contribution is -0.121. The van der Waals surface area contributed by atoms with E-state index in [4.69, 9.17) is 0 Å². The summed E-state index contributed by atoms with van der Waals surface area (Å²) >= 11 is 0. The van der Waals surface area contributed by atoms with Gasteiger partial charge >= 0.3 is 0 Å². The number of piperidine rings is 1. The number of likely N-dealkylation sites (tertiary alicyclic amines) is 1. The molecule has 0 unspecified atom stereocenters. The highest BCUT2D eigenvalue weighted by atomic mass is 16.2. The van der Waals surface area contributed by atoms with Gasteiger partial charge in [0.1, 0.15) is 5.69 Å². The highest BCUT2D eigenvalue weighted by Crippen LogP contribution is 2.22. The number of anilines is 1. The average Bonchev–Trinajstić information content (AvgIpc) is 3.30. The van der Waals surface area contributed by atoms with Crippen LogP contribution >= 0.6 is 0 Å². The molecular weight excluding hydrogens is 378 g/mol. The van der Waals surface area contributed by atoms with Crippen molar-refractivity contribution in [3.8, 4) is 11.3 Å². The van der Waals surface area contributed by atoms with Gasteiger partial charge in [-0.25, -0.2) is 0 Å². The van der Waals surface area contributed by atoms with Crippen molar-refractivity contribution in [1.29, 1.82) is 0 Å². The summed E-state index contributed by atoms with van der Waals surface area (Å²) in [5, 5.41) is 10.1. The summed E-state index contributed by atoms with van der Waals surface area (Å²) in [5.41, 5.74) is 4.13. The van der Waals surface area contributed by atoms with Crippen molar-refractivity contribution in [2.75, 3.05) is 18.4 Å². The second kappa shape index (κ2) is 8.90. The summed E-state index contributed by atoms with van der Waals surface area (Å²) in [5.74, 6) is -0.154.